The molecule has 2 heterocycles. The van der Waals surface area contributed by atoms with Crippen LogP contribution >= 0.6 is 0 Å². The molecule has 0 N–H and O–H groups in total. The molecule has 0 radical (unpaired) electrons. The topological polar surface area (TPSA) is 79.2 Å². The first-order valence-electron chi connectivity index (χ1n) is 16.0. The van der Waals surface area contributed by atoms with Gasteiger partial charge in [0.25, 0.3) is 0 Å². The molecular weight excluding hydrogens is 536 g/mol. The first-order chi connectivity index (χ1) is 21.3. The van der Waals surface area contributed by atoms with Crippen LogP contribution in [-0.2, 0) is 0 Å². The SMILES string of the molecule is CCCCCCCCOc1cnc(-c2ccccc2Oc2ccccc2-c2ncc(OCCCCCCCC)cn2)nc1. The average molecular weight is 583 g/mol. The van der Waals surface area contributed by atoms with E-state index >= 15 is 0 Å². The molecule has 43 heavy (non-hydrogen) atoms. The fraction of sp³-hybridized carbons (Fsp3) is 0.444. The fourth-order valence-electron chi connectivity index (χ4n) is 4.80. The molecule has 4 aromatic rings. The molecule has 2 aromatic heterocycles. The van der Waals surface area contributed by atoms with Crippen molar-refractivity contribution in [1.82, 2.24) is 19.9 Å². The lowest BCUT2D eigenvalue weighted by atomic mass is 10.1. The van der Waals surface area contributed by atoms with Crippen molar-refractivity contribution in [1.29, 1.82) is 0 Å². The molecule has 0 saturated carbocycles. The standard InChI is InChI=1S/C36H46N4O3/c1-3-5-7-9-11-17-23-41-29-25-37-35(38-26-29)31-19-13-15-21-33(31)43-34-22-16-14-20-32(34)36-39-27-30(28-40-36)42-24-18-12-10-8-6-4-2/h13-16,19-22,25-28H,3-12,17-18,23-24H2,1-2H3. The predicted molar refractivity (Wildman–Crippen MR) is 173 cm³/mol. The third-order valence-electron chi connectivity index (χ3n) is 7.27. The number of ether oxygens (including phenoxy) is 3. The van der Waals surface area contributed by atoms with Crippen LogP contribution in [0.15, 0.2) is 73.3 Å². The van der Waals surface area contributed by atoms with Crippen molar-refractivity contribution >= 4 is 0 Å². The van der Waals surface area contributed by atoms with E-state index in [4.69, 9.17) is 14.2 Å². The normalized spacial score (nSPS) is 10.9. The molecule has 0 aliphatic carbocycles. The molecule has 0 aliphatic rings. The molecular formula is C36H46N4O3. The van der Waals surface area contributed by atoms with Gasteiger partial charge in [-0.25, -0.2) is 19.9 Å². The maximum Gasteiger partial charge on any atom is 0.163 e. The van der Waals surface area contributed by atoms with Gasteiger partial charge in [0, 0.05) is 0 Å². The molecule has 0 fully saturated rings. The second-order valence-electron chi connectivity index (χ2n) is 10.8. The first-order valence-corrected chi connectivity index (χ1v) is 16.0. The van der Waals surface area contributed by atoms with E-state index in [0.717, 1.165) is 24.0 Å². The van der Waals surface area contributed by atoms with Crippen LogP contribution in [0.3, 0.4) is 0 Å². The van der Waals surface area contributed by atoms with Gasteiger partial charge in [-0.15, -0.1) is 0 Å². The zero-order valence-electron chi connectivity index (χ0n) is 25.8. The van der Waals surface area contributed by atoms with Gasteiger partial charge in [0.05, 0.1) is 49.1 Å². The summed E-state index contributed by atoms with van der Waals surface area (Å²) < 4.78 is 18.2. The summed E-state index contributed by atoms with van der Waals surface area (Å²) in [5, 5.41) is 0. The summed E-state index contributed by atoms with van der Waals surface area (Å²) in [5.41, 5.74) is 1.58. The van der Waals surface area contributed by atoms with Crippen LogP contribution in [0, 0.1) is 0 Å². The monoisotopic (exact) mass is 582 g/mol. The van der Waals surface area contributed by atoms with Crippen molar-refractivity contribution in [3.05, 3.63) is 73.3 Å². The largest absolute Gasteiger partial charge is 0.490 e. The van der Waals surface area contributed by atoms with Crippen LogP contribution in [0.4, 0.5) is 0 Å². The van der Waals surface area contributed by atoms with E-state index in [9.17, 15) is 0 Å². The number of aromatic nitrogens is 4. The lowest BCUT2D eigenvalue weighted by Crippen LogP contribution is -2.00. The number of hydrogen-bond donors (Lipinski definition) is 0. The number of para-hydroxylation sites is 2. The molecule has 228 valence electrons. The first kappa shape index (κ1) is 31.9. The smallest absolute Gasteiger partial charge is 0.163 e. The quantitative estimate of drug-likeness (QED) is 0.0959. The molecule has 0 bridgehead atoms. The van der Waals surface area contributed by atoms with Crippen LogP contribution in [0.25, 0.3) is 22.8 Å². The van der Waals surface area contributed by atoms with Crippen molar-refractivity contribution in [2.75, 3.05) is 13.2 Å². The van der Waals surface area contributed by atoms with E-state index < -0.39 is 0 Å². The Balaban J connectivity index is 1.35. The number of benzene rings is 2. The van der Waals surface area contributed by atoms with Gasteiger partial charge < -0.3 is 14.2 Å². The fourth-order valence-corrected chi connectivity index (χ4v) is 4.80. The maximum absolute atomic E-state index is 6.43. The Morgan fingerprint density at radius 3 is 1.26 bits per heavy atom. The summed E-state index contributed by atoms with van der Waals surface area (Å²) >= 11 is 0. The highest BCUT2D eigenvalue weighted by Gasteiger charge is 2.14. The summed E-state index contributed by atoms with van der Waals surface area (Å²) in [5.74, 6) is 3.80. The second kappa shape index (κ2) is 18.5. The summed E-state index contributed by atoms with van der Waals surface area (Å²) in [6.07, 6.45) is 21.6. The van der Waals surface area contributed by atoms with Gasteiger partial charge in [0.2, 0.25) is 0 Å². The number of nitrogens with zero attached hydrogens (tertiary/aromatic N) is 4. The second-order valence-corrected chi connectivity index (χ2v) is 10.8. The minimum absolute atomic E-state index is 0.572. The van der Waals surface area contributed by atoms with E-state index in [0.29, 0.717) is 47.9 Å². The summed E-state index contributed by atoms with van der Waals surface area (Å²) in [7, 11) is 0. The summed E-state index contributed by atoms with van der Waals surface area (Å²) in [4.78, 5) is 18.3. The minimum Gasteiger partial charge on any atom is -0.490 e. The molecule has 0 spiro atoms. The van der Waals surface area contributed by atoms with Crippen LogP contribution < -0.4 is 14.2 Å². The molecule has 0 aliphatic heterocycles. The number of hydrogen-bond acceptors (Lipinski definition) is 7. The molecule has 0 unspecified atom stereocenters. The predicted octanol–water partition coefficient (Wildman–Crippen LogP) is 9.87. The minimum atomic E-state index is 0.572. The van der Waals surface area contributed by atoms with Gasteiger partial charge in [-0.3, -0.25) is 0 Å². The highest BCUT2D eigenvalue weighted by Crippen LogP contribution is 2.36. The van der Waals surface area contributed by atoms with Crippen molar-refractivity contribution in [3.63, 3.8) is 0 Å². The van der Waals surface area contributed by atoms with Crippen LogP contribution in [-0.4, -0.2) is 33.1 Å². The molecule has 4 rings (SSSR count). The average Bonchev–Trinajstić information content (AvgIpc) is 3.05. The van der Waals surface area contributed by atoms with Gasteiger partial charge in [0.1, 0.15) is 11.5 Å². The lowest BCUT2D eigenvalue weighted by Gasteiger charge is -2.14. The van der Waals surface area contributed by atoms with E-state index in [1.807, 2.05) is 48.5 Å². The molecule has 0 amide bonds. The van der Waals surface area contributed by atoms with Crippen molar-refractivity contribution < 1.29 is 14.2 Å². The molecule has 7 nitrogen and oxygen atoms in total. The Labute approximate surface area is 257 Å². The lowest BCUT2D eigenvalue weighted by molar-refractivity contribution is 0.302. The third kappa shape index (κ3) is 10.7. The van der Waals surface area contributed by atoms with Crippen LogP contribution in [0.1, 0.15) is 90.9 Å². The zero-order chi connectivity index (χ0) is 30.0. The van der Waals surface area contributed by atoms with Gasteiger partial charge in [0.15, 0.2) is 23.1 Å². The molecule has 2 aromatic carbocycles. The molecule has 0 saturated heterocycles. The maximum atomic E-state index is 6.43. The highest BCUT2D eigenvalue weighted by atomic mass is 16.5. The van der Waals surface area contributed by atoms with Crippen molar-refractivity contribution in [2.24, 2.45) is 0 Å². The Bertz CT molecular complexity index is 1230. The van der Waals surface area contributed by atoms with Crippen LogP contribution in [0.5, 0.6) is 23.0 Å². The highest BCUT2D eigenvalue weighted by molar-refractivity contribution is 5.68. The van der Waals surface area contributed by atoms with Gasteiger partial charge >= 0.3 is 0 Å². The van der Waals surface area contributed by atoms with Crippen molar-refractivity contribution in [2.45, 2.75) is 90.9 Å². The van der Waals surface area contributed by atoms with Crippen LogP contribution in [0.2, 0.25) is 0 Å². The van der Waals surface area contributed by atoms with Gasteiger partial charge in [-0.05, 0) is 37.1 Å². The Kier molecular flexibility index (Phi) is 13.7. The Morgan fingerprint density at radius 1 is 0.465 bits per heavy atom. The Morgan fingerprint density at radius 2 is 0.837 bits per heavy atom. The third-order valence-corrected chi connectivity index (χ3v) is 7.27. The van der Waals surface area contributed by atoms with Crippen molar-refractivity contribution in [3.8, 4) is 45.8 Å². The molecule has 0 atom stereocenters. The number of unbranched alkanes of at least 4 members (excludes halogenated alkanes) is 10. The van der Waals surface area contributed by atoms with E-state index in [2.05, 4.69) is 33.8 Å². The van der Waals surface area contributed by atoms with Gasteiger partial charge in [-0.1, -0.05) is 102 Å². The number of rotatable bonds is 20. The zero-order valence-corrected chi connectivity index (χ0v) is 25.8. The van der Waals surface area contributed by atoms with E-state index in [-0.39, 0.29) is 0 Å². The summed E-state index contributed by atoms with van der Waals surface area (Å²) in [6, 6.07) is 15.5. The van der Waals surface area contributed by atoms with E-state index in [1.165, 1.54) is 64.2 Å². The summed E-state index contributed by atoms with van der Waals surface area (Å²) in [6.45, 7) is 5.83. The van der Waals surface area contributed by atoms with E-state index in [1.54, 1.807) is 24.8 Å². The molecule has 7 heteroatoms. The Hall–Kier alpha value is -4.00. The van der Waals surface area contributed by atoms with Gasteiger partial charge in [-0.2, -0.15) is 0 Å².